The fourth-order valence-electron chi connectivity index (χ4n) is 3.79. The zero-order chi connectivity index (χ0) is 21.8. The summed E-state index contributed by atoms with van der Waals surface area (Å²) in [6.07, 6.45) is 5.88. The minimum absolute atomic E-state index is 0.0735. The number of amides is 1. The molecule has 1 aliphatic rings. The number of nitrogens with one attached hydrogen (secondary N) is 1. The molecule has 1 aromatic carbocycles. The first-order valence-electron chi connectivity index (χ1n) is 10.3. The number of hydrogen-bond acceptors (Lipinski definition) is 5. The van der Waals surface area contributed by atoms with Crippen molar-refractivity contribution in [1.82, 2.24) is 19.9 Å². The number of piperidine rings is 1. The first-order valence-corrected chi connectivity index (χ1v) is 11.1. The molecular formula is C23H23Cl2N5O. The Morgan fingerprint density at radius 3 is 2.71 bits per heavy atom. The van der Waals surface area contributed by atoms with Crippen molar-refractivity contribution in [3.05, 3.63) is 64.7 Å². The van der Waals surface area contributed by atoms with E-state index in [1.54, 1.807) is 30.6 Å². The van der Waals surface area contributed by atoms with Gasteiger partial charge in [0.05, 0.1) is 5.69 Å². The molecule has 8 heteroatoms. The maximum atomic E-state index is 12.2. The minimum Gasteiger partial charge on any atom is -0.342 e. The Morgan fingerprint density at radius 2 is 2.00 bits per heavy atom. The number of hydrogen-bond donors (Lipinski definition) is 1. The summed E-state index contributed by atoms with van der Waals surface area (Å²) in [6.45, 7) is 3.31. The normalized spacial score (nSPS) is 16.2. The van der Waals surface area contributed by atoms with Gasteiger partial charge in [0.25, 0.3) is 0 Å². The highest BCUT2D eigenvalue weighted by Gasteiger charge is 2.26. The number of benzene rings is 1. The summed E-state index contributed by atoms with van der Waals surface area (Å²) in [4.78, 5) is 28.0. The highest BCUT2D eigenvalue weighted by atomic mass is 35.5. The van der Waals surface area contributed by atoms with E-state index in [2.05, 4.69) is 10.3 Å². The number of halogens is 2. The lowest BCUT2D eigenvalue weighted by atomic mass is 9.96. The Balaban J connectivity index is 1.70. The van der Waals surface area contributed by atoms with Gasteiger partial charge in [0.2, 0.25) is 5.91 Å². The molecule has 1 aliphatic heterocycles. The Hall–Kier alpha value is -2.70. The van der Waals surface area contributed by atoms with Crippen LogP contribution in [0.3, 0.4) is 0 Å². The standard InChI is InChI=1S/C23H23Cl2N5O/c1-2-22(31)30-8-4-6-16(14-30)23-28-20(15-5-3-7-26-13-15)12-21(29-23)27-19-10-17(24)9-18(25)11-19/h3,5,7,9-13,16H,2,4,6,8,14H2,1H3,(H,27,28,29). The van der Waals surface area contributed by atoms with Gasteiger partial charge < -0.3 is 10.2 Å². The van der Waals surface area contributed by atoms with E-state index < -0.39 is 0 Å². The molecule has 3 aromatic rings. The monoisotopic (exact) mass is 455 g/mol. The Bertz CT molecular complexity index is 1060. The number of carbonyl (C=O) groups is 1. The fraction of sp³-hybridized carbons (Fsp3) is 0.304. The molecule has 160 valence electrons. The molecular weight excluding hydrogens is 433 g/mol. The summed E-state index contributed by atoms with van der Waals surface area (Å²) in [6, 6.07) is 11.0. The topological polar surface area (TPSA) is 71.0 Å². The minimum atomic E-state index is 0.0735. The van der Waals surface area contributed by atoms with Gasteiger partial charge in [-0.25, -0.2) is 9.97 Å². The Labute approximate surface area is 191 Å². The SMILES string of the molecule is CCC(=O)N1CCCC(c2nc(Nc3cc(Cl)cc(Cl)c3)cc(-c3cccnc3)n2)C1. The van der Waals surface area contributed by atoms with Crippen molar-refractivity contribution in [3.8, 4) is 11.3 Å². The second kappa shape index (κ2) is 9.62. The third kappa shape index (κ3) is 5.32. The summed E-state index contributed by atoms with van der Waals surface area (Å²) in [5.74, 6) is 1.59. The van der Waals surface area contributed by atoms with Crippen LogP contribution in [0.15, 0.2) is 48.8 Å². The van der Waals surface area contributed by atoms with Crippen LogP contribution in [-0.4, -0.2) is 38.8 Å². The molecule has 4 rings (SSSR count). The van der Waals surface area contributed by atoms with Crippen LogP contribution in [-0.2, 0) is 4.79 Å². The maximum absolute atomic E-state index is 12.2. The van der Waals surface area contributed by atoms with Crippen molar-refractivity contribution >= 4 is 40.6 Å². The van der Waals surface area contributed by atoms with E-state index in [9.17, 15) is 4.79 Å². The molecule has 0 saturated carbocycles. The zero-order valence-electron chi connectivity index (χ0n) is 17.2. The van der Waals surface area contributed by atoms with E-state index in [0.717, 1.165) is 36.3 Å². The summed E-state index contributed by atoms with van der Waals surface area (Å²) < 4.78 is 0. The van der Waals surface area contributed by atoms with Crippen LogP contribution in [0, 0.1) is 0 Å². The summed E-state index contributed by atoms with van der Waals surface area (Å²) in [5, 5.41) is 4.38. The molecule has 1 fully saturated rings. The molecule has 6 nitrogen and oxygen atoms in total. The molecule has 0 radical (unpaired) electrons. The summed E-state index contributed by atoms with van der Waals surface area (Å²) >= 11 is 12.3. The van der Waals surface area contributed by atoms with Crippen LogP contribution in [0.4, 0.5) is 11.5 Å². The van der Waals surface area contributed by atoms with E-state index in [1.165, 1.54) is 0 Å². The number of nitrogens with zero attached hydrogens (tertiary/aromatic N) is 4. The molecule has 1 atom stereocenters. The molecule has 0 spiro atoms. The fourth-order valence-corrected chi connectivity index (χ4v) is 4.31. The molecule has 1 N–H and O–H groups in total. The lowest BCUT2D eigenvalue weighted by Gasteiger charge is -2.32. The lowest BCUT2D eigenvalue weighted by molar-refractivity contribution is -0.132. The van der Waals surface area contributed by atoms with Gasteiger partial charge in [0.15, 0.2) is 0 Å². The first-order chi connectivity index (χ1) is 15.0. The number of likely N-dealkylation sites (tertiary alicyclic amines) is 1. The van der Waals surface area contributed by atoms with Crippen molar-refractivity contribution in [1.29, 1.82) is 0 Å². The molecule has 1 unspecified atom stereocenters. The number of anilines is 2. The summed E-state index contributed by atoms with van der Waals surface area (Å²) in [7, 11) is 0. The van der Waals surface area contributed by atoms with Gasteiger partial charge in [0.1, 0.15) is 11.6 Å². The third-order valence-corrected chi connectivity index (χ3v) is 5.71. The molecule has 0 aliphatic carbocycles. The van der Waals surface area contributed by atoms with Crippen molar-refractivity contribution in [2.45, 2.75) is 32.1 Å². The predicted octanol–water partition coefficient (Wildman–Crippen LogP) is 5.71. The van der Waals surface area contributed by atoms with E-state index in [4.69, 9.17) is 33.2 Å². The van der Waals surface area contributed by atoms with Crippen LogP contribution < -0.4 is 5.32 Å². The van der Waals surface area contributed by atoms with Gasteiger partial charge in [-0.15, -0.1) is 0 Å². The van der Waals surface area contributed by atoms with Crippen molar-refractivity contribution in [3.63, 3.8) is 0 Å². The first kappa shape index (κ1) is 21.5. The van der Waals surface area contributed by atoms with Gasteiger partial charge in [-0.05, 0) is 43.2 Å². The number of aromatic nitrogens is 3. The van der Waals surface area contributed by atoms with Gasteiger partial charge in [0, 0.05) is 65.2 Å². The number of rotatable bonds is 5. The van der Waals surface area contributed by atoms with Crippen LogP contribution in [0.25, 0.3) is 11.3 Å². The van der Waals surface area contributed by atoms with Gasteiger partial charge >= 0.3 is 0 Å². The molecule has 1 amide bonds. The molecule has 2 aromatic heterocycles. The van der Waals surface area contributed by atoms with Crippen LogP contribution in [0.2, 0.25) is 10.0 Å². The van der Waals surface area contributed by atoms with Crippen LogP contribution in [0.5, 0.6) is 0 Å². The van der Waals surface area contributed by atoms with Gasteiger partial charge in [-0.2, -0.15) is 0 Å². The second-order valence-corrected chi connectivity index (χ2v) is 8.43. The van der Waals surface area contributed by atoms with Crippen molar-refractivity contribution in [2.24, 2.45) is 0 Å². The molecule has 3 heterocycles. The largest absolute Gasteiger partial charge is 0.342 e. The van der Waals surface area contributed by atoms with Gasteiger partial charge in [-0.3, -0.25) is 9.78 Å². The predicted molar refractivity (Wildman–Crippen MR) is 124 cm³/mol. The zero-order valence-corrected chi connectivity index (χ0v) is 18.7. The summed E-state index contributed by atoms with van der Waals surface area (Å²) in [5.41, 5.74) is 2.41. The maximum Gasteiger partial charge on any atom is 0.222 e. The second-order valence-electron chi connectivity index (χ2n) is 7.55. The van der Waals surface area contributed by atoms with Crippen molar-refractivity contribution < 1.29 is 4.79 Å². The molecule has 1 saturated heterocycles. The number of pyridine rings is 1. The van der Waals surface area contributed by atoms with Gasteiger partial charge in [-0.1, -0.05) is 30.1 Å². The Kier molecular flexibility index (Phi) is 6.68. The number of carbonyl (C=O) groups excluding carboxylic acids is 1. The smallest absolute Gasteiger partial charge is 0.222 e. The van der Waals surface area contributed by atoms with Crippen LogP contribution >= 0.6 is 23.2 Å². The lowest BCUT2D eigenvalue weighted by Crippen LogP contribution is -2.39. The average Bonchev–Trinajstić information content (AvgIpc) is 2.78. The highest BCUT2D eigenvalue weighted by Crippen LogP contribution is 2.30. The third-order valence-electron chi connectivity index (χ3n) is 5.28. The average molecular weight is 456 g/mol. The van der Waals surface area contributed by atoms with Crippen LogP contribution in [0.1, 0.15) is 37.9 Å². The molecule has 31 heavy (non-hydrogen) atoms. The van der Waals surface area contributed by atoms with E-state index in [-0.39, 0.29) is 11.8 Å². The molecule has 0 bridgehead atoms. The van der Waals surface area contributed by atoms with E-state index in [0.29, 0.717) is 34.7 Å². The van der Waals surface area contributed by atoms with Crippen molar-refractivity contribution in [2.75, 3.05) is 18.4 Å². The van der Waals surface area contributed by atoms with E-state index in [1.807, 2.05) is 30.0 Å². The Morgan fingerprint density at radius 1 is 1.19 bits per heavy atom. The quantitative estimate of drug-likeness (QED) is 0.533. The van der Waals surface area contributed by atoms with E-state index >= 15 is 0 Å². The highest BCUT2D eigenvalue weighted by molar-refractivity contribution is 6.35.